The maximum atomic E-state index is 6.39. The molecule has 4 nitrogen and oxygen atoms in total. The van der Waals surface area contributed by atoms with Crippen LogP contribution in [0.15, 0.2) is 6.20 Å². The van der Waals surface area contributed by atoms with Gasteiger partial charge in [0.05, 0.1) is 18.3 Å². The summed E-state index contributed by atoms with van der Waals surface area (Å²) in [6.07, 6.45) is 8.06. The van der Waals surface area contributed by atoms with Gasteiger partial charge in [-0.15, -0.1) is 0 Å². The second-order valence-electron chi connectivity index (χ2n) is 5.47. The Bertz CT molecular complexity index is 414. The fourth-order valence-corrected chi connectivity index (χ4v) is 3.24. The van der Waals surface area contributed by atoms with Gasteiger partial charge in [0.1, 0.15) is 0 Å². The predicted molar refractivity (Wildman–Crippen MR) is 71.3 cm³/mol. The van der Waals surface area contributed by atoms with Gasteiger partial charge >= 0.3 is 0 Å². The van der Waals surface area contributed by atoms with Crippen molar-refractivity contribution in [2.75, 3.05) is 20.1 Å². The van der Waals surface area contributed by atoms with Gasteiger partial charge < -0.3 is 9.64 Å². The van der Waals surface area contributed by atoms with Gasteiger partial charge in [-0.3, -0.25) is 0 Å². The normalized spacial score (nSPS) is 26.0. The molecule has 0 radical (unpaired) electrons. The van der Waals surface area contributed by atoms with Gasteiger partial charge in [0, 0.05) is 6.54 Å². The molecule has 1 aromatic rings. The van der Waals surface area contributed by atoms with Crippen molar-refractivity contribution in [1.82, 2.24) is 14.7 Å². The highest BCUT2D eigenvalue weighted by molar-refractivity contribution is 6.31. The number of likely N-dealkylation sites (N-methyl/N-ethyl adjacent to an activating group) is 1. The number of hydrogen-bond donors (Lipinski definition) is 0. The van der Waals surface area contributed by atoms with E-state index in [0.717, 1.165) is 38.1 Å². The van der Waals surface area contributed by atoms with Crippen molar-refractivity contribution in [1.29, 1.82) is 0 Å². The molecule has 1 unspecified atom stereocenters. The van der Waals surface area contributed by atoms with Crippen molar-refractivity contribution in [3.63, 3.8) is 0 Å². The molecule has 100 valence electrons. The van der Waals surface area contributed by atoms with E-state index in [1.807, 2.05) is 4.68 Å². The number of hydrogen-bond acceptors (Lipinski definition) is 3. The maximum absolute atomic E-state index is 6.39. The summed E-state index contributed by atoms with van der Waals surface area (Å²) in [6.45, 7) is 2.13. The fraction of sp³-hybridized carbons (Fsp3) is 0.769. The Hall–Kier alpha value is -0.740. The van der Waals surface area contributed by atoms with Gasteiger partial charge in [-0.05, 0) is 45.7 Å². The predicted octanol–water partition coefficient (Wildman–Crippen LogP) is 2.73. The Balaban J connectivity index is 1.71. The Kier molecular flexibility index (Phi) is 3.48. The SMILES string of the molecule is CN1CCC(n2ncc(OC3CCCC3)c2Cl)C1. The number of rotatable bonds is 3. The van der Waals surface area contributed by atoms with E-state index >= 15 is 0 Å². The fourth-order valence-electron chi connectivity index (χ4n) is 2.96. The van der Waals surface area contributed by atoms with Crippen molar-refractivity contribution in [3.05, 3.63) is 11.3 Å². The summed E-state index contributed by atoms with van der Waals surface area (Å²) in [7, 11) is 2.13. The molecule has 1 saturated heterocycles. The van der Waals surface area contributed by atoms with Crippen LogP contribution in [0.1, 0.15) is 38.1 Å². The van der Waals surface area contributed by atoms with Gasteiger partial charge in [0.25, 0.3) is 0 Å². The first-order valence-electron chi connectivity index (χ1n) is 6.82. The quantitative estimate of drug-likeness (QED) is 0.845. The zero-order valence-electron chi connectivity index (χ0n) is 10.8. The van der Waals surface area contributed by atoms with Gasteiger partial charge in [0.2, 0.25) is 0 Å². The van der Waals surface area contributed by atoms with Crippen molar-refractivity contribution in [3.8, 4) is 5.75 Å². The Labute approximate surface area is 113 Å². The molecule has 1 atom stereocenters. The van der Waals surface area contributed by atoms with E-state index in [0.29, 0.717) is 17.3 Å². The number of nitrogens with zero attached hydrogens (tertiary/aromatic N) is 3. The molecular weight excluding hydrogens is 250 g/mol. The maximum Gasteiger partial charge on any atom is 0.176 e. The Morgan fingerprint density at radius 3 is 2.78 bits per heavy atom. The van der Waals surface area contributed by atoms with E-state index in [1.165, 1.54) is 12.8 Å². The van der Waals surface area contributed by atoms with E-state index in [2.05, 4.69) is 17.0 Å². The van der Waals surface area contributed by atoms with Crippen molar-refractivity contribution in [2.24, 2.45) is 0 Å². The molecule has 2 heterocycles. The first-order chi connectivity index (χ1) is 8.74. The third kappa shape index (κ3) is 2.36. The van der Waals surface area contributed by atoms with Crippen molar-refractivity contribution in [2.45, 2.75) is 44.2 Å². The molecule has 0 amide bonds. The standard InChI is InChI=1S/C13H20ClN3O/c1-16-7-6-10(9-16)17-13(14)12(8-15-17)18-11-4-2-3-5-11/h8,10-11H,2-7,9H2,1H3. The molecule has 1 aliphatic heterocycles. The highest BCUT2D eigenvalue weighted by Crippen LogP contribution is 2.33. The lowest BCUT2D eigenvalue weighted by Gasteiger charge is -2.14. The lowest BCUT2D eigenvalue weighted by atomic mass is 10.3. The van der Waals surface area contributed by atoms with Crippen LogP contribution in [0.3, 0.4) is 0 Å². The number of halogens is 1. The summed E-state index contributed by atoms with van der Waals surface area (Å²) in [5.41, 5.74) is 0. The average molecular weight is 270 g/mol. The van der Waals surface area contributed by atoms with E-state index in [9.17, 15) is 0 Å². The minimum Gasteiger partial charge on any atom is -0.486 e. The summed E-state index contributed by atoms with van der Waals surface area (Å²) in [5, 5.41) is 5.08. The lowest BCUT2D eigenvalue weighted by Crippen LogP contribution is -2.17. The van der Waals surface area contributed by atoms with Crippen LogP contribution < -0.4 is 4.74 Å². The molecule has 0 spiro atoms. The molecular formula is C13H20ClN3O. The summed E-state index contributed by atoms with van der Waals surface area (Å²) in [5.74, 6) is 0.762. The van der Waals surface area contributed by atoms with E-state index < -0.39 is 0 Å². The van der Waals surface area contributed by atoms with Crippen LogP contribution in [-0.2, 0) is 0 Å². The van der Waals surface area contributed by atoms with Crippen LogP contribution in [0, 0.1) is 0 Å². The third-order valence-corrected chi connectivity index (χ3v) is 4.37. The smallest absolute Gasteiger partial charge is 0.176 e. The zero-order chi connectivity index (χ0) is 12.5. The first-order valence-corrected chi connectivity index (χ1v) is 7.20. The second-order valence-corrected chi connectivity index (χ2v) is 5.83. The highest BCUT2D eigenvalue weighted by Gasteiger charge is 2.26. The van der Waals surface area contributed by atoms with Crippen LogP contribution >= 0.6 is 11.6 Å². The summed E-state index contributed by atoms with van der Waals surface area (Å²) < 4.78 is 7.87. The van der Waals surface area contributed by atoms with E-state index in [4.69, 9.17) is 16.3 Å². The second kappa shape index (κ2) is 5.10. The number of likely N-dealkylation sites (tertiary alicyclic amines) is 1. The Morgan fingerprint density at radius 2 is 2.11 bits per heavy atom. The van der Waals surface area contributed by atoms with Crippen LogP contribution in [0.4, 0.5) is 0 Å². The molecule has 1 aliphatic carbocycles. The molecule has 3 rings (SSSR count). The summed E-state index contributed by atoms with van der Waals surface area (Å²) in [4.78, 5) is 2.31. The monoisotopic (exact) mass is 269 g/mol. The number of aromatic nitrogens is 2. The topological polar surface area (TPSA) is 30.3 Å². The van der Waals surface area contributed by atoms with Crippen LogP contribution in [0.2, 0.25) is 5.15 Å². The van der Waals surface area contributed by atoms with E-state index in [1.54, 1.807) is 6.20 Å². The average Bonchev–Trinajstić information content (AvgIpc) is 3.04. The largest absolute Gasteiger partial charge is 0.486 e. The highest BCUT2D eigenvalue weighted by atomic mass is 35.5. The molecule has 1 aromatic heterocycles. The van der Waals surface area contributed by atoms with Gasteiger partial charge in [-0.25, -0.2) is 4.68 Å². The summed E-state index contributed by atoms with van der Waals surface area (Å²) in [6, 6.07) is 0.392. The minimum atomic E-state index is 0.339. The zero-order valence-corrected chi connectivity index (χ0v) is 11.6. The molecule has 2 aliphatic rings. The molecule has 2 fully saturated rings. The molecule has 1 saturated carbocycles. The summed E-state index contributed by atoms with van der Waals surface area (Å²) >= 11 is 6.39. The lowest BCUT2D eigenvalue weighted by molar-refractivity contribution is 0.209. The molecule has 0 aromatic carbocycles. The van der Waals surface area contributed by atoms with E-state index in [-0.39, 0.29) is 0 Å². The minimum absolute atomic E-state index is 0.339. The Morgan fingerprint density at radius 1 is 1.33 bits per heavy atom. The van der Waals surface area contributed by atoms with Crippen LogP contribution in [-0.4, -0.2) is 40.9 Å². The van der Waals surface area contributed by atoms with Gasteiger partial charge in [-0.1, -0.05) is 11.6 Å². The van der Waals surface area contributed by atoms with Crippen LogP contribution in [0.25, 0.3) is 0 Å². The molecule has 0 bridgehead atoms. The first kappa shape index (κ1) is 12.3. The van der Waals surface area contributed by atoms with Crippen LogP contribution in [0.5, 0.6) is 5.75 Å². The van der Waals surface area contributed by atoms with Gasteiger partial charge in [-0.2, -0.15) is 5.10 Å². The number of ether oxygens (including phenoxy) is 1. The van der Waals surface area contributed by atoms with Crippen molar-refractivity contribution < 1.29 is 4.74 Å². The molecule has 18 heavy (non-hydrogen) atoms. The van der Waals surface area contributed by atoms with Gasteiger partial charge in [0.15, 0.2) is 10.9 Å². The van der Waals surface area contributed by atoms with Crippen molar-refractivity contribution >= 4 is 11.6 Å². The third-order valence-electron chi connectivity index (χ3n) is 4.01. The molecule has 5 heteroatoms. The molecule has 0 N–H and O–H groups in total.